The Morgan fingerprint density at radius 3 is 2.37 bits per heavy atom. The highest BCUT2D eigenvalue weighted by molar-refractivity contribution is 7.92. The fraction of sp³-hybridized carbons (Fsp3) is 0.833. The van der Waals surface area contributed by atoms with E-state index in [4.69, 9.17) is 0 Å². The van der Waals surface area contributed by atoms with Crippen LogP contribution in [0.5, 0.6) is 0 Å². The summed E-state index contributed by atoms with van der Waals surface area (Å²) in [5.41, 5.74) is 0. The van der Waals surface area contributed by atoms with Crippen molar-refractivity contribution in [2.75, 3.05) is 24.6 Å². The number of amides is 1. The van der Waals surface area contributed by atoms with Crippen molar-refractivity contribution in [1.29, 1.82) is 0 Å². The van der Waals surface area contributed by atoms with E-state index in [0.29, 0.717) is 12.5 Å². The molecule has 1 saturated heterocycles. The van der Waals surface area contributed by atoms with Gasteiger partial charge in [0, 0.05) is 18.8 Å². The van der Waals surface area contributed by atoms with Gasteiger partial charge in [-0.05, 0) is 24.7 Å². The van der Waals surface area contributed by atoms with Crippen LogP contribution in [0.1, 0.15) is 19.8 Å². The first-order valence-corrected chi connectivity index (χ1v) is 8.37. The first-order chi connectivity index (χ1) is 8.84. The molecule has 2 atom stereocenters. The Morgan fingerprint density at radius 1 is 1.26 bits per heavy atom. The maximum Gasteiger partial charge on any atom is 0.308 e. The van der Waals surface area contributed by atoms with Crippen LogP contribution in [0.4, 0.5) is 0 Å². The minimum absolute atomic E-state index is 0.00854. The summed E-state index contributed by atoms with van der Waals surface area (Å²) < 4.78 is 22.9. The molecule has 0 unspecified atom stereocenters. The summed E-state index contributed by atoms with van der Waals surface area (Å²) in [4.78, 5) is 24.5. The first-order valence-electron chi connectivity index (χ1n) is 6.55. The number of carboxylic acids is 1. The van der Waals surface area contributed by atoms with Gasteiger partial charge in [0.25, 0.3) is 0 Å². The van der Waals surface area contributed by atoms with Crippen LogP contribution in [0.3, 0.4) is 0 Å². The van der Waals surface area contributed by atoms with E-state index in [1.54, 1.807) is 0 Å². The monoisotopic (exact) mass is 289 g/mol. The number of nitrogens with zero attached hydrogens (tertiary/aromatic N) is 1. The van der Waals surface area contributed by atoms with Gasteiger partial charge in [-0.1, -0.05) is 6.92 Å². The molecule has 0 radical (unpaired) electrons. The molecule has 2 rings (SSSR count). The van der Waals surface area contributed by atoms with Crippen molar-refractivity contribution < 1.29 is 23.1 Å². The molecule has 0 aromatic carbocycles. The summed E-state index contributed by atoms with van der Waals surface area (Å²) in [5.74, 6) is -2.08. The summed E-state index contributed by atoms with van der Waals surface area (Å²) >= 11 is 0. The van der Waals surface area contributed by atoms with E-state index in [2.05, 4.69) is 0 Å². The third-order valence-electron chi connectivity index (χ3n) is 4.05. The molecule has 1 aliphatic heterocycles. The van der Waals surface area contributed by atoms with Crippen molar-refractivity contribution in [3.63, 3.8) is 0 Å². The Bertz CT molecular complexity index is 482. The summed E-state index contributed by atoms with van der Waals surface area (Å²) in [6.07, 6.45) is 2.04. The standard InChI is InChI=1S/C12H19NO5S/c1-2-19(17,18)7-11(14)13-5-9(8-3-4-8)10(6-13)12(15)16/h8-10H,2-7H2,1H3,(H,15,16)/t9-,10+/m1/s1. The molecule has 0 spiro atoms. The van der Waals surface area contributed by atoms with Crippen LogP contribution in [0.25, 0.3) is 0 Å². The van der Waals surface area contributed by atoms with Gasteiger partial charge in [0.1, 0.15) is 5.75 Å². The quantitative estimate of drug-likeness (QED) is 0.768. The number of hydrogen-bond acceptors (Lipinski definition) is 4. The molecule has 0 aromatic rings. The highest BCUT2D eigenvalue weighted by Crippen LogP contribution is 2.44. The lowest BCUT2D eigenvalue weighted by Crippen LogP contribution is -2.35. The normalized spacial score (nSPS) is 27.5. The summed E-state index contributed by atoms with van der Waals surface area (Å²) in [6, 6.07) is 0. The fourth-order valence-corrected chi connectivity index (χ4v) is 3.44. The first kappa shape index (κ1) is 14.3. The molecular formula is C12H19NO5S. The molecule has 19 heavy (non-hydrogen) atoms. The predicted octanol–water partition coefficient (Wildman–Crippen LogP) is -0.00970. The number of hydrogen-bond donors (Lipinski definition) is 1. The minimum Gasteiger partial charge on any atom is -0.481 e. The zero-order valence-corrected chi connectivity index (χ0v) is 11.7. The Balaban J connectivity index is 2.02. The molecule has 2 aliphatic rings. The van der Waals surface area contributed by atoms with Crippen LogP contribution in [0.2, 0.25) is 0 Å². The fourth-order valence-electron chi connectivity index (χ4n) is 2.68. The molecule has 1 heterocycles. The lowest BCUT2D eigenvalue weighted by Gasteiger charge is -2.15. The van der Waals surface area contributed by atoms with Crippen LogP contribution in [0.15, 0.2) is 0 Å². The number of carboxylic acid groups (broad SMARTS) is 1. The van der Waals surface area contributed by atoms with Crippen LogP contribution < -0.4 is 0 Å². The van der Waals surface area contributed by atoms with Gasteiger partial charge in [-0.25, -0.2) is 8.42 Å². The van der Waals surface area contributed by atoms with Gasteiger partial charge in [-0.3, -0.25) is 9.59 Å². The van der Waals surface area contributed by atoms with Gasteiger partial charge < -0.3 is 10.0 Å². The van der Waals surface area contributed by atoms with Gasteiger partial charge in [0.15, 0.2) is 9.84 Å². The molecule has 1 N–H and O–H groups in total. The molecule has 108 valence electrons. The van der Waals surface area contributed by atoms with Gasteiger partial charge in [0.2, 0.25) is 5.91 Å². The summed E-state index contributed by atoms with van der Waals surface area (Å²) in [7, 11) is -3.35. The maximum atomic E-state index is 11.9. The molecule has 2 fully saturated rings. The third-order valence-corrected chi connectivity index (χ3v) is 5.61. The lowest BCUT2D eigenvalue weighted by atomic mass is 9.92. The second-order valence-corrected chi connectivity index (χ2v) is 7.77. The van der Waals surface area contributed by atoms with E-state index in [0.717, 1.165) is 12.8 Å². The number of aliphatic carboxylic acids is 1. The Morgan fingerprint density at radius 2 is 1.89 bits per heavy atom. The van der Waals surface area contributed by atoms with E-state index < -0.39 is 33.4 Å². The molecule has 0 bridgehead atoms. The Kier molecular flexibility index (Phi) is 3.85. The van der Waals surface area contributed by atoms with E-state index in [1.165, 1.54) is 11.8 Å². The van der Waals surface area contributed by atoms with Crippen molar-refractivity contribution in [3.05, 3.63) is 0 Å². The van der Waals surface area contributed by atoms with E-state index >= 15 is 0 Å². The molecule has 1 aliphatic carbocycles. The largest absolute Gasteiger partial charge is 0.481 e. The highest BCUT2D eigenvalue weighted by atomic mass is 32.2. The van der Waals surface area contributed by atoms with Crippen LogP contribution in [-0.4, -0.2) is 54.9 Å². The van der Waals surface area contributed by atoms with Gasteiger partial charge in [-0.2, -0.15) is 0 Å². The number of rotatable bonds is 5. The van der Waals surface area contributed by atoms with E-state index in [9.17, 15) is 23.1 Å². The number of likely N-dealkylation sites (tertiary alicyclic amines) is 1. The number of carbonyl (C=O) groups is 2. The van der Waals surface area contributed by atoms with Crippen molar-refractivity contribution in [2.45, 2.75) is 19.8 Å². The summed E-state index contributed by atoms with van der Waals surface area (Å²) in [5, 5.41) is 9.18. The predicted molar refractivity (Wildman–Crippen MR) is 68.2 cm³/mol. The topological polar surface area (TPSA) is 91.8 Å². The molecule has 0 aromatic heterocycles. The smallest absolute Gasteiger partial charge is 0.308 e. The third kappa shape index (κ3) is 3.26. The van der Waals surface area contributed by atoms with Crippen molar-refractivity contribution in [3.8, 4) is 0 Å². The zero-order valence-electron chi connectivity index (χ0n) is 10.9. The molecule has 6 nitrogen and oxygen atoms in total. The maximum absolute atomic E-state index is 11.9. The molecule has 7 heteroatoms. The van der Waals surface area contributed by atoms with E-state index in [-0.39, 0.29) is 18.2 Å². The average molecular weight is 289 g/mol. The second kappa shape index (κ2) is 5.11. The SMILES string of the molecule is CCS(=O)(=O)CC(=O)N1C[C@H](C(=O)O)[C@@H](C2CC2)C1. The summed E-state index contributed by atoms with van der Waals surface area (Å²) in [6.45, 7) is 2.04. The Hall–Kier alpha value is -1.11. The minimum atomic E-state index is -3.35. The van der Waals surface area contributed by atoms with Gasteiger partial charge in [-0.15, -0.1) is 0 Å². The van der Waals surface area contributed by atoms with Crippen LogP contribution >= 0.6 is 0 Å². The van der Waals surface area contributed by atoms with Gasteiger partial charge in [0.05, 0.1) is 5.92 Å². The van der Waals surface area contributed by atoms with E-state index in [1.807, 2.05) is 0 Å². The van der Waals surface area contributed by atoms with Crippen LogP contribution in [-0.2, 0) is 19.4 Å². The second-order valence-electron chi connectivity index (χ2n) is 5.42. The zero-order chi connectivity index (χ0) is 14.2. The number of sulfone groups is 1. The van der Waals surface area contributed by atoms with Crippen molar-refractivity contribution >= 4 is 21.7 Å². The van der Waals surface area contributed by atoms with Crippen molar-refractivity contribution in [1.82, 2.24) is 4.90 Å². The lowest BCUT2D eigenvalue weighted by molar-refractivity contribution is -0.142. The Labute approximate surface area is 112 Å². The van der Waals surface area contributed by atoms with Gasteiger partial charge >= 0.3 is 5.97 Å². The van der Waals surface area contributed by atoms with Crippen molar-refractivity contribution in [2.24, 2.45) is 17.8 Å². The molecular weight excluding hydrogens is 270 g/mol. The highest BCUT2D eigenvalue weighted by Gasteiger charge is 2.47. The van der Waals surface area contributed by atoms with Crippen LogP contribution in [0, 0.1) is 17.8 Å². The molecule has 1 amide bonds. The average Bonchev–Trinajstić information content (AvgIpc) is 3.07. The molecule has 1 saturated carbocycles. The number of carbonyl (C=O) groups excluding carboxylic acids is 1.